The number of benzene rings is 3. The van der Waals surface area contributed by atoms with Gasteiger partial charge in [-0.3, -0.25) is 5.32 Å². The maximum atomic E-state index is 13.4. The lowest BCUT2D eigenvalue weighted by Gasteiger charge is -2.33. The van der Waals surface area contributed by atoms with E-state index in [0.717, 1.165) is 27.7 Å². The number of aromatic nitrogens is 4. The quantitative estimate of drug-likeness (QED) is 0.201. The number of nitrogens with one attached hydrogen (secondary N) is 2. The molecule has 0 aliphatic carbocycles. The van der Waals surface area contributed by atoms with Gasteiger partial charge >= 0.3 is 12.1 Å². The van der Waals surface area contributed by atoms with Gasteiger partial charge < -0.3 is 25.4 Å². The van der Waals surface area contributed by atoms with Crippen LogP contribution in [0.2, 0.25) is 0 Å². The highest BCUT2D eigenvalue weighted by Crippen LogP contribution is 2.35. The first-order valence-electron chi connectivity index (χ1n) is 15.0. The average Bonchev–Trinajstić information content (AvgIpc) is 3.47. The van der Waals surface area contributed by atoms with Gasteiger partial charge in [-0.05, 0) is 31.2 Å². The van der Waals surface area contributed by atoms with E-state index >= 15 is 0 Å². The molecule has 12 nitrogen and oxygen atoms in total. The van der Waals surface area contributed by atoms with Gasteiger partial charge in [-0.1, -0.05) is 62.7 Å². The molecule has 1 aliphatic rings. The van der Waals surface area contributed by atoms with Crippen LogP contribution in [0.25, 0.3) is 16.5 Å². The SMILES string of the molecule is Cc1ccc(-n2nc(C(C)(C)C)cc2NC(=O)Nc2ccc(Oc3ccnc(C4COCCN4C(N)=O)n3)c3ccccc23)cc1. The second-order valence-corrected chi connectivity index (χ2v) is 12.1. The van der Waals surface area contributed by atoms with Gasteiger partial charge in [-0.25, -0.2) is 19.3 Å². The number of morpholine rings is 1. The summed E-state index contributed by atoms with van der Waals surface area (Å²) in [6.07, 6.45) is 1.57. The Morgan fingerprint density at radius 2 is 1.76 bits per heavy atom. The Hall–Kier alpha value is -5.49. The van der Waals surface area contributed by atoms with Crippen LogP contribution in [0.3, 0.4) is 0 Å². The molecule has 1 unspecified atom stereocenters. The van der Waals surface area contributed by atoms with Crippen molar-refractivity contribution >= 4 is 34.3 Å². The number of anilines is 2. The minimum atomic E-state index is -0.560. The number of amides is 4. The number of rotatable bonds is 6. The molecule has 0 radical (unpaired) electrons. The molecule has 0 bridgehead atoms. The van der Waals surface area contributed by atoms with Crippen molar-refractivity contribution in [2.45, 2.75) is 39.2 Å². The lowest BCUT2D eigenvalue weighted by Crippen LogP contribution is -2.46. The third-order valence-corrected chi connectivity index (χ3v) is 7.70. The summed E-state index contributed by atoms with van der Waals surface area (Å²) >= 11 is 0. The smallest absolute Gasteiger partial charge is 0.324 e. The topological polar surface area (TPSA) is 150 Å². The first-order chi connectivity index (χ1) is 22.1. The number of primary amides is 1. The summed E-state index contributed by atoms with van der Waals surface area (Å²) in [5.74, 6) is 1.75. The number of aryl methyl sites for hydroxylation is 1. The lowest BCUT2D eigenvalue weighted by atomic mass is 9.92. The predicted molar refractivity (Wildman–Crippen MR) is 176 cm³/mol. The number of carbonyl (C=O) groups excluding carboxylic acids is 2. The molecule has 1 atom stereocenters. The second-order valence-electron chi connectivity index (χ2n) is 12.1. The van der Waals surface area contributed by atoms with Crippen molar-refractivity contribution in [3.8, 4) is 17.3 Å². The zero-order valence-corrected chi connectivity index (χ0v) is 26.2. The molecule has 2 aromatic heterocycles. The van der Waals surface area contributed by atoms with E-state index in [1.54, 1.807) is 29.1 Å². The highest BCUT2D eigenvalue weighted by Gasteiger charge is 2.30. The number of fused-ring (bicyclic) bond motifs is 1. The van der Waals surface area contributed by atoms with Crippen molar-refractivity contribution in [2.75, 3.05) is 30.4 Å². The van der Waals surface area contributed by atoms with Crippen LogP contribution in [0.15, 0.2) is 79.0 Å². The molecule has 4 amide bonds. The molecule has 3 aromatic carbocycles. The van der Waals surface area contributed by atoms with Crippen LogP contribution in [-0.4, -0.2) is 56.5 Å². The Bertz CT molecular complexity index is 1900. The maximum Gasteiger partial charge on any atom is 0.324 e. The summed E-state index contributed by atoms with van der Waals surface area (Å²) in [6, 6.07) is 21.2. The minimum Gasteiger partial charge on any atom is -0.438 e. The number of hydrogen-bond donors (Lipinski definition) is 3. The molecule has 4 N–H and O–H groups in total. The van der Waals surface area contributed by atoms with Crippen molar-refractivity contribution in [2.24, 2.45) is 5.73 Å². The molecule has 5 aromatic rings. The Balaban J connectivity index is 1.24. The lowest BCUT2D eigenvalue weighted by molar-refractivity contribution is 0.0105. The van der Waals surface area contributed by atoms with Crippen LogP contribution in [0.4, 0.5) is 21.1 Å². The van der Waals surface area contributed by atoms with E-state index < -0.39 is 18.1 Å². The fraction of sp³-hybridized carbons (Fsp3) is 0.265. The molecule has 1 saturated heterocycles. The highest BCUT2D eigenvalue weighted by atomic mass is 16.5. The van der Waals surface area contributed by atoms with E-state index in [0.29, 0.717) is 42.1 Å². The zero-order chi connectivity index (χ0) is 32.4. The van der Waals surface area contributed by atoms with Gasteiger partial charge in [0.15, 0.2) is 5.82 Å². The standard InChI is InChI=1S/C34H36N8O4/c1-21-9-11-22(12-10-21)42-29(19-28(40-42)34(2,3)4)38-33(44)37-25-13-14-27(24-8-6-5-7-23(24)25)46-30-15-16-36-31(39-30)26-20-45-18-17-41(26)32(35)43/h5-16,19,26H,17-18,20H2,1-4H3,(H2,35,43)(H2,37,38,44). The molecule has 1 aliphatic heterocycles. The molecule has 0 saturated carbocycles. The van der Waals surface area contributed by atoms with Gasteiger partial charge in [0.1, 0.15) is 17.6 Å². The fourth-order valence-corrected chi connectivity index (χ4v) is 5.23. The Kier molecular flexibility index (Phi) is 8.29. The van der Waals surface area contributed by atoms with Gasteiger partial charge in [-0.15, -0.1) is 0 Å². The number of hydrogen-bond acceptors (Lipinski definition) is 7. The van der Waals surface area contributed by atoms with Crippen LogP contribution >= 0.6 is 0 Å². The summed E-state index contributed by atoms with van der Waals surface area (Å²) in [5.41, 5.74) is 8.77. The molecular formula is C34H36N8O4. The van der Waals surface area contributed by atoms with E-state index in [4.69, 9.17) is 20.3 Å². The van der Waals surface area contributed by atoms with Crippen LogP contribution in [-0.2, 0) is 10.2 Å². The number of carbonyl (C=O) groups is 2. The third-order valence-electron chi connectivity index (χ3n) is 7.70. The Morgan fingerprint density at radius 1 is 1.00 bits per heavy atom. The largest absolute Gasteiger partial charge is 0.438 e. The first kappa shape index (κ1) is 30.5. The first-order valence-corrected chi connectivity index (χ1v) is 15.0. The molecule has 1 fully saturated rings. The van der Waals surface area contributed by atoms with E-state index in [9.17, 15) is 9.59 Å². The van der Waals surface area contributed by atoms with Gasteiger partial charge in [0.2, 0.25) is 5.88 Å². The summed E-state index contributed by atoms with van der Waals surface area (Å²) in [5, 5.41) is 12.3. The van der Waals surface area contributed by atoms with Crippen molar-refractivity contribution < 1.29 is 19.1 Å². The van der Waals surface area contributed by atoms with Crippen molar-refractivity contribution in [3.05, 3.63) is 96.1 Å². The molecule has 0 spiro atoms. The number of nitrogens with zero attached hydrogens (tertiary/aromatic N) is 5. The monoisotopic (exact) mass is 620 g/mol. The molecule has 236 valence electrons. The predicted octanol–water partition coefficient (Wildman–Crippen LogP) is 6.31. The molecular weight excluding hydrogens is 584 g/mol. The molecule has 46 heavy (non-hydrogen) atoms. The normalized spacial score (nSPS) is 15.0. The van der Waals surface area contributed by atoms with E-state index in [-0.39, 0.29) is 12.0 Å². The van der Waals surface area contributed by atoms with E-state index in [2.05, 4.69) is 41.4 Å². The van der Waals surface area contributed by atoms with Crippen molar-refractivity contribution in [3.63, 3.8) is 0 Å². The van der Waals surface area contributed by atoms with Gasteiger partial charge in [0, 0.05) is 41.1 Å². The minimum absolute atomic E-state index is 0.218. The van der Waals surface area contributed by atoms with Crippen LogP contribution in [0.5, 0.6) is 11.6 Å². The fourth-order valence-electron chi connectivity index (χ4n) is 5.23. The Labute approximate surface area is 266 Å². The maximum absolute atomic E-state index is 13.4. The molecule has 12 heteroatoms. The van der Waals surface area contributed by atoms with Crippen molar-refractivity contribution in [1.82, 2.24) is 24.6 Å². The third kappa shape index (κ3) is 6.47. The highest BCUT2D eigenvalue weighted by molar-refractivity contribution is 6.07. The van der Waals surface area contributed by atoms with Crippen molar-refractivity contribution in [1.29, 1.82) is 0 Å². The van der Waals surface area contributed by atoms with Crippen LogP contribution in [0.1, 0.15) is 43.9 Å². The number of ether oxygens (including phenoxy) is 2. The summed E-state index contributed by atoms with van der Waals surface area (Å²) in [6.45, 7) is 9.25. The summed E-state index contributed by atoms with van der Waals surface area (Å²) in [4.78, 5) is 35.8. The number of urea groups is 2. The molecule has 6 rings (SSSR count). The van der Waals surface area contributed by atoms with Gasteiger partial charge in [0.25, 0.3) is 0 Å². The zero-order valence-electron chi connectivity index (χ0n) is 26.2. The van der Waals surface area contributed by atoms with E-state index in [1.807, 2.05) is 61.5 Å². The second kappa shape index (κ2) is 12.5. The van der Waals surface area contributed by atoms with Crippen LogP contribution in [0, 0.1) is 6.92 Å². The summed E-state index contributed by atoms with van der Waals surface area (Å²) < 4.78 is 13.5. The summed E-state index contributed by atoms with van der Waals surface area (Å²) in [7, 11) is 0. The Morgan fingerprint density at radius 3 is 2.50 bits per heavy atom. The van der Waals surface area contributed by atoms with Gasteiger partial charge in [-0.2, -0.15) is 10.1 Å². The average molecular weight is 621 g/mol. The number of nitrogens with two attached hydrogens (primary N) is 1. The molecule has 3 heterocycles. The van der Waals surface area contributed by atoms with Crippen LogP contribution < -0.4 is 21.1 Å². The van der Waals surface area contributed by atoms with Gasteiger partial charge in [0.05, 0.1) is 30.3 Å². The van der Waals surface area contributed by atoms with E-state index in [1.165, 1.54) is 4.90 Å².